The van der Waals surface area contributed by atoms with E-state index in [4.69, 9.17) is 6.42 Å². The van der Waals surface area contributed by atoms with E-state index in [1.54, 1.807) is 0 Å². The zero-order valence-electron chi connectivity index (χ0n) is 7.42. The number of hydrogen-bond donors (Lipinski definition) is 1. The van der Waals surface area contributed by atoms with Gasteiger partial charge in [-0.05, 0) is 31.8 Å². The average Bonchev–Trinajstić information content (AvgIpc) is 2.53. The molecule has 2 atom stereocenters. The fourth-order valence-corrected chi connectivity index (χ4v) is 2.48. The summed E-state index contributed by atoms with van der Waals surface area (Å²) in [6, 6.07) is 0.731. The van der Waals surface area contributed by atoms with E-state index in [1.807, 2.05) is 0 Å². The Balaban J connectivity index is 1.99. The summed E-state index contributed by atoms with van der Waals surface area (Å²) in [5, 5.41) is 3.44. The highest BCUT2D eigenvalue weighted by Gasteiger charge is 2.34. The van der Waals surface area contributed by atoms with Gasteiger partial charge in [-0.1, -0.05) is 5.92 Å². The van der Waals surface area contributed by atoms with E-state index < -0.39 is 0 Å². The number of piperidine rings is 1. The molecule has 2 heteroatoms. The highest BCUT2D eigenvalue weighted by Crippen LogP contribution is 2.25. The van der Waals surface area contributed by atoms with Crippen molar-refractivity contribution < 1.29 is 0 Å². The van der Waals surface area contributed by atoms with Crippen molar-refractivity contribution in [3.63, 3.8) is 0 Å². The third-order valence-electron chi connectivity index (χ3n) is 3.09. The molecule has 0 saturated carbocycles. The molecule has 2 heterocycles. The average molecular weight is 164 g/mol. The topological polar surface area (TPSA) is 15.3 Å². The van der Waals surface area contributed by atoms with Crippen LogP contribution in [0.4, 0.5) is 0 Å². The molecule has 0 unspecified atom stereocenters. The van der Waals surface area contributed by atoms with Gasteiger partial charge in [0.1, 0.15) is 0 Å². The second kappa shape index (κ2) is 3.47. The molecule has 2 nitrogen and oxygen atoms in total. The van der Waals surface area contributed by atoms with Crippen LogP contribution in [-0.2, 0) is 0 Å². The minimum atomic E-state index is 0.731. The third-order valence-corrected chi connectivity index (χ3v) is 3.09. The van der Waals surface area contributed by atoms with E-state index in [0.29, 0.717) is 0 Å². The Hall–Kier alpha value is -0.520. The Morgan fingerprint density at radius 2 is 2.42 bits per heavy atom. The molecule has 0 aromatic heterocycles. The summed E-state index contributed by atoms with van der Waals surface area (Å²) in [4.78, 5) is 2.45. The molecule has 66 valence electrons. The monoisotopic (exact) mass is 164 g/mol. The number of likely N-dealkylation sites (tertiary alicyclic amines) is 1. The molecule has 12 heavy (non-hydrogen) atoms. The molecule has 2 saturated heterocycles. The van der Waals surface area contributed by atoms with Crippen LogP contribution < -0.4 is 5.32 Å². The summed E-state index contributed by atoms with van der Waals surface area (Å²) < 4.78 is 0. The van der Waals surface area contributed by atoms with Gasteiger partial charge in [0.15, 0.2) is 0 Å². The van der Waals surface area contributed by atoms with Gasteiger partial charge in [0.2, 0.25) is 0 Å². The summed E-state index contributed by atoms with van der Waals surface area (Å²) in [5.41, 5.74) is 0. The fourth-order valence-electron chi connectivity index (χ4n) is 2.48. The zero-order chi connectivity index (χ0) is 8.39. The lowest BCUT2D eigenvalue weighted by molar-refractivity contribution is 0.142. The van der Waals surface area contributed by atoms with Gasteiger partial charge in [0, 0.05) is 12.6 Å². The number of nitrogens with one attached hydrogen (secondary N) is 1. The van der Waals surface area contributed by atoms with Crippen molar-refractivity contribution in [1.29, 1.82) is 0 Å². The molecular formula is C10H16N2. The van der Waals surface area contributed by atoms with Crippen molar-refractivity contribution >= 4 is 0 Å². The fraction of sp³-hybridized carbons (Fsp3) is 0.800. The Bertz CT molecular complexity index is 195. The first kappa shape index (κ1) is 8.10. The standard InChI is InChI=1S/C10H16N2/c1-2-5-12-6-3-4-9-7-11-8-10(9)12/h1,9-11H,3-8H2/t9-,10+/m1/s1. The third kappa shape index (κ3) is 1.35. The van der Waals surface area contributed by atoms with Crippen molar-refractivity contribution in [2.45, 2.75) is 18.9 Å². The van der Waals surface area contributed by atoms with Crippen LogP contribution in [0.15, 0.2) is 0 Å². The summed E-state index contributed by atoms with van der Waals surface area (Å²) in [6.07, 6.45) is 8.04. The molecule has 0 bridgehead atoms. The molecular weight excluding hydrogens is 148 g/mol. The quantitative estimate of drug-likeness (QED) is 0.561. The SMILES string of the molecule is C#CCN1CCC[C@@H]2CNC[C@@H]21. The molecule has 2 aliphatic heterocycles. The molecule has 1 N–H and O–H groups in total. The van der Waals surface area contributed by atoms with E-state index >= 15 is 0 Å². The van der Waals surface area contributed by atoms with E-state index in [-0.39, 0.29) is 0 Å². The smallest absolute Gasteiger partial charge is 0.0601 e. The molecule has 0 amide bonds. The van der Waals surface area contributed by atoms with Gasteiger partial charge in [-0.3, -0.25) is 4.90 Å². The van der Waals surface area contributed by atoms with Crippen LogP contribution in [0.3, 0.4) is 0 Å². The normalized spacial score (nSPS) is 35.9. The van der Waals surface area contributed by atoms with Gasteiger partial charge < -0.3 is 5.32 Å². The summed E-state index contributed by atoms with van der Waals surface area (Å²) in [6.45, 7) is 4.38. The minimum absolute atomic E-state index is 0.731. The second-order valence-electron chi connectivity index (χ2n) is 3.80. The molecule has 0 radical (unpaired) electrons. The molecule has 0 aliphatic carbocycles. The summed E-state index contributed by atoms with van der Waals surface area (Å²) >= 11 is 0. The highest BCUT2D eigenvalue weighted by atomic mass is 15.2. The Morgan fingerprint density at radius 3 is 3.25 bits per heavy atom. The van der Waals surface area contributed by atoms with Crippen LogP contribution in [0.2, 0.25) is 0 Å². The van der Waals surface area contributed by atoms with E-state index in [1.165, 1.54) is 25.9 Å². The Kier molecular flexibility index (Phi) is 2.34. The molecule has 0 spiro atoms. The van der Waals surface area contributed by atoms with E-state index in [2.05, 4.69) is 16.1 Å². The summed E-state index contributed by atoms with van der Waals surface area (Å²) in [7, 11) is 0. The van der Waals surface area contributed by atoms with Crippen molar-refractivity contribution in [3.8, 4) is 12.3 Å². The first-order valence-electron chi connectivity index (χ1n) is 4.80. The van der Waals surface area contributed by atoms with Gasteiger partial charge >= 0.3 is 0 Å². The number of hydrogen-bond acceptors (Lipinski definition) is 2. The predicted molar refractivity (Wildman–Crippen MR) is 49.8 cm³/mol. The van der Waals surface area contributed by atoms with Crippen LogP contribution in [0, 0.1) is 18.3 Å². The number of terminal acetylenes is 1. The van der Waals surface area contributed by atoms with Crippen molar-refractivity contribution in [2.75, 3.05) is 26.2 Å². The Morgan fingerprint density at radius 1 is 1.50 bits per heavy atom. The minimum Gasteiger partial charge on any atom is -0.315 e. The van der Waals surface area contributed by atoms with Crippen LogP contribution in [0.5, 0.6) is 0 Å². The lowest BCUT2D eigenvalue weighted by atomic mass is 9.92. The van der Waals surface area contributed by atoms with Crippen molar-refractivity contribution in [2.24, 2.45) is 5.92 Å². The maximum atomic E-state index is 5.33. The lowest BCUT2D eigenvalue weighted by Gasteiger charge is -2.35. The highest BCUT2D eigenvalue weighted by molar-refractivity contribution is 4.97. The molecule has 0 aromatic rings. The molecule has 0 aromatic carbocycles. The zero-order valence-corrected chi connectivity index (χ0v) is 7.42. The molecule has 2 aliphatic rings. The maximum Gasteiger partial charge on any atom is 0.0601 e. The maximum absolute atomic E-state index is 5.33. The second-order valence-corrected chi connectivity index (χ2v) is 3.80. The largest absolute Gasteiger partial charge is 0.315 e. The van der Waals surface area contributed by atoms with Crippen LogP contribution in [0.25, 0.3) is 0 Å². The number of fused-ring (bicyclic) bond motifs is 1. The Labute approximate surface area is 74.3 Å². The first-order valence-corrected chi connectivity index (χ1v) is 4.80. The number of nitrogens with zero attached hydrogens (tertiary/aromatic N) is 1. The van der Waals surface area contributed by atoms with Gasteiger partial charge in [0.05, 0.1) is 6.54 Å². The van der Waals surface area contributed by atoms with Crippen LogP contribution in [-0.4, -0.2) is 37.1 Å². The van der Waals surface area contributed by atoms with Gasteiger partial charge in [-0.15, -0.1) is 6.42 Å². The van der Waals surface area contributed by atoms with Crippen LogP contribution >= 0.6 is 0 Å². The van der Waals surface area contributed by atoms with E-state index in [0.717, 1.165) is 25.0 Å². The van der Waals surface area contributed by atoms with Gasteiger partial charge in [0.25, 0.3) is 0 Å². The summed E-state index contributed by atoms with van der Waals surface area (Å²) in [5.74, 6) is 3.62. The van der Waals surface area contributed by atoms with Gasteiger partial charge in [-0.2, -0.15) is 0 Å². The first-order chi connectivity index (χ1) is 5.92. The predicted octanol–water partition coefficient (Wildman–Crippen LogP) is 0.303. The lowest BCUT2D eigenvalue weighted by Crippen LogP contribution is -2.45. The van der Waals surface area contributed by atoms with Crippen molar-refractivity contribution in [3.05, 3.63) is 0 Å². The van der Waals surface area contributed by atoms with Gasteiger partial charge in [-0.25, -0.2) is 0 Å². The van der Waals surface area contributed by atoms with Crippen LogP contribution in [0.1, 0.15) is 12.8 Å². The van der Waals surface area contributed by atoms with Crippen molar-refractivity contribution in [1.82, 2.24) is 10.2 Å². The molecule has 2 rings (SSSR count). The van der Waals surface area contributed by atoms with E-state index in [9.17, 15) is 0 Å². The molecule has 2 fully saturated rings. The number of rotatable bonds is 1.